The Morgan fingerprint density at radius 2 is 1.95 bits per heavy atom. The maximum absolute atomic E-state index is 12.2. The number of nitrogens with zero attached hydrogens (tertiary/aromatic N) is 2. The van der Waals surface area contributed by atoms with E-state index in [9.17, 15) is 19.8 Å². The van der Waals surface area contributed by atoms with Crippen LogP contribution in [0.2, 0.25) is 0 Å². The average molecular weight is 272 g/mol. The van der Waals surface area contributed by atoms with Crippen molar-refractivity contribution in [1.82, 2.24) is 9.80 Å². The van der Waals surface area contributed by atoms with Crippen LogP contribution in [-0.2, 0) is 14.3 Å². The van der Waals surface area contributed by atoms with E-state index in [4.69, 9.17) is 4.74 Å². The Balaban J connectivity index is 1.89. The van der Waals surface area contributed by atoms with Gasteiger partial charge in [-0.05, 0) is 0 Å². The zero-order valence-corrected chi connectivity index (χ0v) is 11.0. The van der Waals surface area contributed by atoms with Gasteiger partial charge in [-0.25, -0.2) is 0 Å². The lowest BCUT2D eigenvalue weighted by molar-refractivity contribution is -0.135. The highest BCUT2D eigenvalue weighted by atomic mass is 16.5. The third kappa shape index (κ3) is 3.05. The second-order valence-electron chi connectivity index (χ2n) is 5.11. The maximum atomic E-state index is 12.2. The fourth-order valence-electron chi connectivity index (χ4n) is 2.56. The predicted molar refractivity (Wildman–Crippen MR) is 65.2 cm³/mol. The number of aliphatic hydroxyl groups is 2. The third-order valence-corrected chi connectivity index (χ3v) is 3.70. The van der Waals surface area contributed by atoms with Crippen LogP contribution in [0, 0.1) is 5.92 Å². The van der Waals surface area contributed by atoms with Gasteiger partial charge >= 0.3 is 0 Å². The van der Waals surface area contributed by atoms with E-state index >= 15 is 0 Å². The van der Waals surface area contributed by atoms with Crippen LogP contribution in [0.15, 0.2) is 0 Å². The van der Waals surface area contributed by atoms with E-state index in [-0.39, 0.29) is 37.2 Å². The Hall–Kier alpha value is -1.18. The number of aliphatic hydroxyl groups excluding tert-OH is 2. The summed E-state index contributed by atoms with van der Waals surface area (Å²) in [5.41, 5.74) is 0. The smallest absolute Gasteiger partial charge is 0.228 e. The van der Waals surface area contributed by atoms with Gasteiger partial charge in [0, 0.05) is 39.7 Å². The molecule has 7 nitrogen and oxygen atoms in total. The lowest BCUT2D eigenvalue weighted by atomic mass is 10.1. The third-order valence-electron chi connectivity index (χ3n) is 3.70. The molecule has 2 rings (SSSR count). The Morgan fingerprint density at radius 1 is 1.32 bits per heavy atom. The van der Waals surface area contributed by atoms with Crippen molar-refractivity contribution in [3.8, 4) is 0 Å². The zero-order valence-electron chi connectivity index (χ0n) is 11.0. The normalized spacial score (nSPS) is 31.3. The van der Waals surface area contributed by atoms with Gasteiger partial charge in [0.25, 0.3) is 0 Å². The molecule has 0 aromatic rings. The number of carbonyl (C=O) groups excluding carboxylic acids is 2. The standard InChI is InChI=1S/C12H20N2O5/c1-19-3-2-13-5-8(4-11(13)17)12(18)14-6-9(15)10(16)7-14/h8-10,15-16H,2-7H2,1H3. The van der Waals surface area contributed by atoms with Crippen molar-refractivity contribution in [3.63, 3.8) is 0 Å². The van der Waals surface area contributed by atoms with Crippen molar-refractivity contribution >= 4 is 11.8 Å². The lowest BCUT2D eigenvalue weighted by Gasteiger charge is -2.20. The zero-order chi connectivity index (χ0) is 14.0. The van der Waals surface area contributed by atoms with Crippen LogP contribution in [0.3, 0.4) is 0 Å². The van der Waals surface area contributed by atoms with Gasteiger partial charge in [-0.15, -0.1) is 0 Å². The first-order chi connectivity index (χ1) is 9.02. The number of methoxy groups -OCH3 is 1. The van der Waals surface area contributed by atoms with Gasteiger partial charge < -0.3 is 24.7 Å². The molecule has 3 atom stereocenters. The van der Waals surface area contributed by atoms with Crippen LogP contribution in [0.1, 0.15) is 6.42 Å². The SMILES string of the molecule is COCCN1CC(C(=O)N2CC(O)C(O)C2)CC1=O. The van der Waals surface area contributed by atoms with E-state index in [0.717, 1.165) is 0 Å². The molecule has 2 N–H and O–H groups in total. The van der Waals surface area contributed by atoms with Gasteiger partial charge in [-0.2, -0.15) is 0 Å². The molecule has 0 radical (unpaired) electrons. The molecule has 2 aliphatic rings. The molecule has 2 saturated heterocycles. The molecule has 0 aliphatic carbocycles. The summed E-state index contributed by atoms with van der Waals surface area (Å²) < 4.78 is 4.92. The van der Waals surface area contributed by atoms with Gasteiger partial charge in [0.2, 0.25) is 11.8 Å². The molecule has 19 heavy (non-hydrogen) atoms. The minimum atomic E-state index is -0.884. The minimum Gasteiger partial charge on any atom is -0.388 e. The second kappa shape index (κ2) is 5.85. The Morgan fingerprint density at radius 3 is 2.53 bits per heavy atom. The van der Waals surface area contributed by atoms with Gasteiger partial charge in [0.05, 0.1) is 24.7 Å². The molecular weight excluding hydrogens is 252 g/mol. The first-order valence-electron chi connectivity index (χ1n) is 6.44. The summed E-state index contributed by atoms with van der Waals surface area (Å²) in [5.74, 6) is -0.582. The number of ether oxygens (including phenoxy) is 1. The average Bonchev–Trinajstić information content (AvgIpc) is 2.90. The molecule has 0 aromatic carbocycles. The van der Waals surface area contributed by atoms with Crippen molar-refractivity contribution in [1.29, 1.82) is 0 Å². The Labute approximate surface area is 111 Å². The van der Waals surface area contributed by atoms with E-state index < -0.39 is 12.2 Å². The van der Waals surface area contributed by atoms with Gasteiger partial charge in [-0.3, -0.25) is 9.59 Å². The van der Waals surface area contributed by atoms with Crippen LogP contribution in [0.25, 0.3) is 0 Å². The number of carbonyl (C=O) groups is 2. The maximum Gasteiger partial charge on any atom is 0.228 e. The highest BCUT2D eigenvalue weighted by Crippen LogP contribution is 2.22. The first-order valence-corrected chi connectivity index (χ1v) is 6.44. The predicted octanol–water partition coefficient (Wildman–Crippen LogP) is -1.95. The summed E-state index contributed by atoms with van der Waals surface area (Å²) in [5, 5.41) is 18.9. The Bertz CT molecular complexity index is 352. The fourth-order valence-corrected chi connectivity index (χ4v) is 2.56. The summed E-state index contributed by atoms with van der Waals surface area (Å²) in [4.78, 5) is 27.0. The second-order valence-corrected chi connectivity index (χ2v) is 5.11. The van der Waals surface area contributed by atoms with E-state index in [1.165, 1.54) is 4.90 Å². The summed E-state index contributed by atoms with van der Waals surface area (Å²) in [6.45, 7) is 1.62. The molecule has 2 amide bonds. The quantitative estimate of drug-likeness (QED) is 0.620. The molecule has 0 bridgehead atoms. The van der Waals surface area contributed by atoms with Crippen molar-refractivity contribution in [3.05, 3.63) is 0 Å². The van der Waals surface area contributed by atoms with Gasteiger partial charge in [0.15, 0.2) is 0 Å². The molecular formula is C12H20N2O5. The minimum absolute atomic E-state index is 0.0457. The van der Waals surface area contributed by atoms with E-state index in [1.807, 2.05) is 0 Å². The monoisotopic (exact) mass is 272 g/mol. The number of amides is 2. The topological polar surface area (TPSA) is 90.3 Å². The van der Waals surface area contributed by atoms with Crippen molar-refractivity contribution in [2.24, 2.45) is 5.92 Å². The van der Waals surface area contributed by atoms with Crippen LogP contribution >= 0.6 is 0 Å². The molecule has 3 unspecified atom stereocenters. The van der Waals surface area contributed by atoms with Crippen LogP contribution in [0.4, 0.5) is 0 Å². The van der Waals surface area contributed by atoms with Crippen LogP contribution in [0.5, 0.6) is 0 Å². The van der Waals surface area contributed by atoms with Crippen molar-refractivity contribution in [2.75, 3.05) is 39.9 Å². The van der Waals surface area contributed by atoms with Crippen LogP contribution < -0.4 is 0 Å². The number of β-amino-alcohol motifs (C(OH)–C–C–N with tert-alkyl or cyclic N) is 2. The summed E-state index contributed by atoms with van der Waals surface area (Å²) in [6.07, 6.45) is -1.57. The molecule has 0 spiro atoms. The molecule has 7 heteroatoms. The van der Waals surface area contributed by atoms with E-state index in [0.29, 0.717) is 19.7 Å². The van der Waals surface area contributed by atoms with Crippen LogP contribution in [-0.4, -0.2) is 83.9 Å². The molecule has 2 aliphatic heterocycles. The fraction of sp³-hybridized carbons (Fsp3) is 0.833. The molecule has 0 aromatic heterocycles. The van der Waals surface area contributed by atoms with Gasteiger partial charge in [-0.1, -0.05) is 0 Å². The largest absolute Gasteiger partial charge is 0.388 e. The molecule has 2 heterocycles. The summed E-state index contributed by atoms with van der Waals surface area (Å²) in [6, 6.07) is 0. The molecule has 2 fully saturated rings. The van der Waals surface area contributed by atoms with Crippen molar-refractivity contribution < 1.29 is 24.5 Å². The van der Waals surface area contributed by atoms with Gasteiger partial charge in [0.1, 0.15) is 0 Å². The number of rotatable bonds is 4. The summed E-state index contributed by atoms with van der Waals surface area (Å²) in [7, 11) is 1.57. The lowest BCUT2D eigenvalue weighted by Crippen LogP contribution is -2.37. The number of likely N-dealkylation sites (tertiary alicyclic amines) is 2. The summed E-state index contributed by atoms with van der Waals surface area (Å²) >= 11 is 0. The molecule has 0 saturated carbocycles. The number of hydrogen-bond donors (Lipinski definition) is 2. The number of hydrogen-bond acceptors (Lipinski definition) is 5. The molecule has 108 valence electrons. The highest BCUT2D eigenvalue weighted by molar-refractivity contribution is 5.89. The Kier molecular flexibility index (Phi) is 4.38. The highest BCUT2D eigenvalue weighted by Gasteiger charge is 2.40. The first kappa shape index (κ1) is 14.2. The van der Waals surface area contributed by atoms with E-state index in [2.05, 4.69) is 0 Å². The van der Waals surface area contributed by atoms with E-state index in [1.54, 1.807) is 12.0 Å². The van der Waals surface area contributed by atoms with Crippen molar-refractivity contribution in [2.45, 2.75) is 18.6 Å².